The molecule has 2 N–H and O–H groups in total. The monoisotopic (exact) mass is 318 g/mol. The molecule has 2 aromatic rings. The first-order chi connectivity index (χ1) is 9.97. The van der Waals surface area contributed by atoms with Gasteiger partial charge in [0.2, 0.25) is 0 Å². The van der Waals surface area contributed by atoms with Gasteiger partial charge in [-0.25, -0.2) is 0 Å². The van der Waals surface area contributed by atoms with E-state index >= 15 is 0 Å². The maximum absolute atomic E-state index is 12.3. The number of nitrogens with zero attached hydrogens (tertiary/aromatic N) is 1. The lowest BCUT2D eigenvalue weighted by Gasteiger charge is -2.17. The number of benzene rings is 2. The van der Waals surface area contributed by atoms with Crippen molar-refractivity contribution >= 4 is 34.7 Å². The number of nitrogens with two attached hydrogens (primary N) is 1. The molecule has 2 aromatic carbocycles. The Morgan fingerprint density at radius 2 is 1.81 bits per heavy atom. The summed E-state index contributed by atoms with van der Waals surface area (Å²) in [4.78, 5) is 14.3. The third-order valence-corrected chi connectivity index (χ3v) is 3.54. The number of amides is 1. The molecule has 1 amide bonds. The van der Waals surface area contributed by atoms with Gasteiger partial charge in [-0.15, -0.1) is 0 Å². The third kappa shape index (κ3) is 4.03. The van der Waals surface area contributed by atoms with Crippen LogP contribution < -0.4 is 5.73 Å². The summed E-state index contributed by atoms with van der Waals surface area (Å²) in [7, 11) is 1.75. The Bertz CT molecular complexity index is 670. The van der Waals surface area contributed by atoms with Crippen LogP contribution in [0.15, 0.2) is 48.5 Å². The largest absolute Gasteiger partial charge is 0.389 e. The lowest BCUT2D eigenvalue weighted by molar-refractivity contribution is 0.0785. The molecule has 0 radical (unpaired) electrons. The number of carbonyl (C=O) groups excluding carboxylic acids is 1. The normalized spacial score (nSPS) is 10.2. The second-order valence-electron chi connectivity index (χ2n) is 4.73. The molecular weight excluding hydrogens is 304 g/mol. The van der Waals surface area contributed by atoms with Crippen molar-refractivity contribution in [1.29, 1.82) is 0 Å². The standard InChI is InChI=1S/C16H15ClN2OS/c1-19(10-11-3-2-4-14(17)9-11)16(20)13-7-5-12(6-8-13)15(18)21/h2-9H,10H2,1H3,(H2,18,21). The van der Waals surface area contributed by atoms with Gasteiger partial charge in [0.15, 0.2) is 0 Å². The molecule has 0 atom stereocenters. The van der Waals surface area contributed by atoms with Crippen LogP contribution in [0.1, 0.15) is 21.5 Å². The summed E-state index contributed by atoms with van der Waals surface area (Å²) >= 11 is 10.8. The average molecular weight is 319 g/mol. The summed E-state index contributed by atoms with van der Waals surface area (Å²) in [5, 5.41) is 0.661. The van der Waals surface area contributed by atoms with Gasteiger partial charge >= 0.3 is 0 Å². The molecule has 5 heteroatoms. The molecule has 0 aromatic heterocycles. The first-order valence-corrected chi connectivity index (χ1v) is 7.16. The summed E-state index contributed by atoms with van der Waals surface area (Å²) in [6, 6.07) is 14.4. The molecule has 0 heterocycles. The van der Waals surface area contributed by atoms with Crippen LogP contribution in [-0.4, -0.2) is 22.8 Å². The van der Waals surface area contributed by atoms with Crippen LogP contribution in [0.25, 0.3) is 0 Å². The van der Waals surface area contributed by atoms with Gasteiger partial charge in [-0.3, -0.25) is 4.79 Å². The number of carbonyl (C=O) groups is 1. The summed E-state index contributed by atoms with van der Waals surface area (Å²) in [6.45, 7) is 0.496. The molecule has 0 aliphatic rings. The van der Waals surface area contributed by atoms with Gasteiger partial charge in [0.05, 0.1) is 0 Å². The SMILES string of the molecule is CN(Cc1cccc(Cl)c1)C(=O)c1ccc(C(N)=S)cc1. The highest BCUT2D eigenvalue weighted by atomic mass is 35.5. The Labute approximate surface area is 134 Å². The molecule has 0 aliphatic carbocycles. The molecule has 0 bridgehead atoms. The molecule has 0 spiro atoms. The number of thiocarbonyl (C=S) groups is 1. The van der Waals surface area contributed by atoms with Crippen molar-refractivity contribution in [3.63, 3.8) is 0 Å². The van der Waals surface area contributed by atoms with E-state index in [9.17, 15) is 4.79 Å². The summed E-state index contributed by atoms with van der Waals surface area (Å²) < 4.78 is 0. The quantitative estimate of drug-likeness (QED) is 0.880. The summed E-state index contributed by atoms with van der Waals surface area (Å²) in [6.07, 6.45) is 0. The zero-order valence-corrected chi connectivity index (χ0v) is 13.1. The van der Waals surface area contributed by atoms with E-state index in [4.69, 9.17) is 29.6 Å². The minimum absolute atomic E-state index is 0.0653. The Morgan fingerprint density at radius 1 is 1.19 bits per heavy atom. The minimum atomic E-state index is -0.0653. The number of hydrogen-bond acceptors (Lipinski definition) is 2. The lowest BCUT2D eigenvalue weighted by atomic mass is 10.1. The smallest absolute Gasteiger partial charge is 0.253 e. The van der Waals surface area contributed by atoms with Gasteiger partial charge in [0.1, 0.15) is 4.99 Å². The van der Waals surface area contributed by atoms with Gasteiger partial charge in [-0.2, -0.15) is 0 Å². The minimum Gasteiger partial charge on any atom is -0.389 e. The van der Waals surface area contributed by atoms with Gasteiger partial charge in [0.25, 0.3) is 5.91 Å². The van der Waals surface area contributed by atoms with E-state index in [1.165, 1.54) is 0 Å². The predicted octanol–water partition coefficient (Wildman–Crippen LogP) is 3.25. The first kappa shape index (κ1) is 15.5. The molecule has 0 aliphatic heterocycles. The van der Waals surface area contributed by atoms with E-state index in [2.05, 4.69) is 0 Å². The Kier molecular flexibility index (Phi) is 4.94. The molecule has 2 rings (SSSR count). The molecule has 3 nitrogen and oxygen atoms in total. The fourth-order valence-corrected chi connectivity index (χ4v) is 2.33. The molecule has 0 unspecified atom stereocenters. The zero-order chi connectivity index (χ0) is 15.4. The van der Waals surface area contributed by atoms with Crippen LogP contribution in [0.5, 0.6) is 0 Å². The highest BCUT2D eigenvalue weighted by Gasteiger charge is 2.12. The van der Waals surface area contributed by atoms with E-state index in [0.717, 1.165) is 11.1 Å². The summed E-state index contributed by atoms with van der Waals surface area (Å²) in [5.41, 5.74) is 7.87. The highest BCUT2D eigenvalue weighted by molar-refractivity contribution is 7.80. The van der Waals surface area contributed by atoms with Crippen LogP contribution in [0.4, 0.5) is 0 Å². The molecule has 0 saturated heterocycles. The van der Waals surface area contributed by atoms with E-state index in [-0.39, 0.29) is 5.91 Å². The third-order valence-electron chi connectivity index (χ3n) is 3.07. The van der Waals surface area contributed by atoms with Crippen LogP contribution in [-0.2, 0) is 6.54 Å². The van der Waals surface area contributed by atoms with E-state index in [1.807, 2.05) is 18.2 Å². The molecular formula is C16H15ClN2OS. The van der Waals surface area contributed by atoms with Crippen molar-refractivity contribution in [3.8, 4) is 0 Å². The number of hydrogen-bond donors (Lipinski definition) is 1. The van der Waals surface area contributed by atoms with Crippen LogP contribution in [0, 0.1) is 0 Å². The van der Waals surface area contributed by atoms with Crippen molar-refractivity contribution < 1.29 is 4.79 Å². The van der Waals surface area contributed by atoms with Crippen molar-refractivity contribution in [2.45, 2.75) is 6.54 Å². The maximum atomic E-state index is 12.3. The van der Waals surface area contributed by atoms with Gasteiger partial charge in [-0.1, -0.05) is 48.1 Å². The number of halogens is 1. The zero-order valence-electron chi connectivity index (χ0n) is 11.5. The first-order valence-electron chi connectivity index (χ1n) is 6.37. The molecule has 21 heavy (non-hydrogen) atoms. The van der Waals surface area contributed by atoms with Crippen molar-refractivity contribution in [2.24, 2.45) is 5.73 Å². The van der Waals surface area contributed by atoms with Crippen LogP contribution >= 0.6 is 23.8 Å². The predicted molar refractivity (Wildman–Crippen MR) is 89.6 cm³/mol. The van der Waals surface area contributed by atoms with Crippen molar-refractivity contribution in [2.75, 3.05) is 7.05 Å². The molecule has 0 saturated carbocycles. The topological polar surface area (TPSA) is 46.3 Å². The summed E-state index contributed by atoms with van der Waals surface area (Å²) in [5.74, 6) is -0.0653. The van der Waals surface area contributed by atoms with E-state index < -0.39 is 0 Å². The van der Waals surface area contributed by atoms with E-state index in [1.54, 1.807) is 42.3 Å². The van der Waals surface area contributed by atoms with Gasteiger partial charge in [0, 0.05) is 29.7 Å². The second kappa shape index (κ2) is 6.70. The van der Waals surface area contributed by atoms with Gasteiger partial charge in [-0.05, 0) is 29.8 Å². The Balaban J connectivity index is 2.10. The number of rotatable bonds is 4. The highest BCUT2D eigenvalue weighted by Crippen LogP contribution is 2.14. The average Bonchev–Trinajstić information content (AvgIpc) is 2.46. The Morgan fingerprint density at radius 3 is 2.38 bits per heavy atom. The van der Waals surface area contributed by atoms with E-state index in [0.29, 0.717) is 22.1 Å². The fraction of sp³-hybridized carbons (Fsp3) is 0.125. The van der Waals surface area contributed by atoms with Gasteiger partial charge < -0.3 is 10.6 Å². The van der Waals surface area contributed by atoms with Crippen molar-refractivity contribution in [1.82, 2.24) is 4.90 Å². The van der Waals surface area contributed by atoms with Crippen LogP contribution in [0.3, 0.4) is 0 Å². The fourth-order valence-electron chi connectivity index (χ4n) is 1.98. The second-order valence-corrected chi connectivity index (χ2v) is 5.61. The van der Waals surface area contributed by atoms with Crippen molar-refractivity contribution in [3.05, 3.63) is 70.2 Å². The molecule has 108 valence electrons. The maximum Gasteiger partial charge on any atom is 0.253 e. The lowest BCUT2D eigenvalue weighted by Crippen LogP contribution is -2.26. The van der Waals surface area contributed by atoms with Crippen LogP contribution in [0.2, 0.25) is 5.02 Å². The molecule has 0 fully saturated rings. The Hall–Kier alpha value is -1.91.